The number of benzene rings is 1. The third-order valence-corrected chi connectivity index (χ3v) is 7.27. The summed E-state index contributed by atoms with van der Waals surface area (Å²) in [7, 11) is 0. The molecule has 1 aromatic carbocycles. The highest BCUT2D eigenvalue weighted by molar-refractivity contribution is 5.77. The Hall–Kier alpha value is -3.24. The van der Waals surface area contributed by atoms with Crippen molar-refractivity contribution in [1.82, 2.24) is 19.9 Å². The maximum Gasteiger partial charge on any atom is 0.270 e. The molecule has 6 rings (SSSR count). The van der Waals surface area contributed by atoms with E-state index in [4.69, 9.17) is 4.98 Å². The number of nitriles is 1. The predicted molar refractivity (Wildman–Crippen MR) is 118 cm³/mol. The Morgan fingerprint density at radius 1 is 1.19 bits per heavy atom. The van der Waals surface area contributed by atoms with Gasteiger partial charge in [0.25, 0.3) is 5.56 Å². The summed E-state index contributed by atoms with van der Waals surface area (Å²) in [6.45, 7) is 1.89. The number of hydrogen-bond acceptors (Lipinski definition) is 6. The van der Waals surface area contributed by atoms with Gasteiger partial charge < -0.3 is 10.6 Å². The molecule has 3 heterocycles. The molecule has 0 saturated heterocycles. The highest BCUT2D eigenvalue weighted by Gasteiger charge is 2.41. The van der Waals surface area contributed by atoms with E-state index in [2.05, 4.69) is 33.8 Å². The van der Waals surface area contributed by atoms with Crippen LogP contribution >= 0.6 is 0 Å². The first kappa shape index (κ1) is 18.5. The smallest absolute Gasteiger partial charge is 0.270 e. The SMILES string of the molecule is N#Cc1cc2cnc(Nc3ccc4c(c3)CCNC4)nc2n([C@H]2C[C@@H]3CC[C@H]2C3)c1=O. The van der Waals surface area contributed by atoms with E-state index in [1.165, 1.54) is 24.0 Å². The van der Waals surface area contributed by atoms with Crippen LogP contribution < -0.4 is 16.2 Å². The summed E-state index contributed by atoms with van der Waals surface area (Å²) < 4.78 is 1.79. The number of aromatic nitrogens is 3. The number of rotatable bonds is 3. The molecule has 3 aromatic rings. The van der Waals surface area contributed by atoms with E-state index in [9.17, 15) is 10.1 Å². The molecule has 2 saturated carbocycles. The van der Waals surface area contributed by atoms with Crippen LogP contribution in [-0.2, 0) is 13.0 Å². The van der Waals surface area contributed by atoms with Gasteiger partial charge in [-0.1, -0.05) is 12.5 Å². The molecule has 0 spiro atoms. The zero-order valence-corrected chi connectivity index (χ0v) is 17.3. The third kappa shape index (κ3) is 3.10. The van der Waals surface area contributed by atoms with Crippen LogP contribution in [0.15, 0.2) is 35.3 Å². The quantitative estimate of drug-likeness (QED) is 0.684. The van der Waals surface area contributed by atoms with Gasteiger partial charge in [0.05, 0.1) is 0 Å². The number of anilines is 2. The van der Waals surface area contributed by atoms with Gasteiger partial charge in [0, 0.05) is 29.9 Å². The van der Waals surface area contributed by atoms with Crippen LogP contribution in [0.4, 0.5) is 11.6 Å². The van der Waals surface area contributed by atoms with Crippen LogP contribution in [0.2, 0.25) is 0 Å². The van der Waals surface area contributed by atoms with Crippen molar-refractivity contribution in [3.8, 4) is 6.07 Å². The van der Waals surface area contributed by atoms with E-state index in [0.29, 0.717) is 23.4 Å². The lowest BCUT2D eigenvalue weighted by Crippen LogP contribution is -2.30. The van der Waals surface area contributed by atoms with Gasteiger partial charge >= 0.3 is 0 Å². The van der Waals surface area contributed by atoms with Crippen molar-refractivity contribution in [2.45, 2.75) is 44.7 Å². The fraction of sp³-hybridized carbons (Fsp3) is 0.417. The Labute approximate surface area is 180 Å². The average molecular weight is 412 g/mol. The highest BCUT2D eigenvalue weighted by Crippen LogP contribution is 2.50. The minimum atomic E-state index is -0.224. The van der Waals surface area contributed by atoms with Gasteiger partial charge in [0.15, 0.2) is 0 Å². The zero-order valence-electron chi connectivity index (χ0n) is 17.3. The maximum atomic E-state index is 13.2. The molecule has 156 valence electrons. The molecule has 3 aliphatic rings. The molecule has 0 unspecified atom stereocenters. The fourth-order valence-corrected chi connectivity index (χ4v) is 5.78. The van der Waals surface area contributed by atoms with E-state index in [0.717, 1.165) is 43.4 Å². The van der Waals surface area contributed by atoms with Crippen molar-refractivity contribution in [3.05, 3.63) is 57.5 Å². The van der Waals surface area contributed by atoms with Gasteiger partial charge in [-0.25, -0.2) is 4.98 Å². The number of pyridine rings is 1. The van der Waals surface area contributed by atoms with Gasteiger partial charge in [0.1, 0.15) is 17.3 Å². The van der Waals surface area contributed by atoms with Crippen LogP contribution in [0.3, 0.4) is 0 Å². The minimum Gasteiger partial charge on any atom is -0.324 e. The Morgan fingerprint density at radius 2 is 2.13 bits per heavy atom. The average Bonchev–Trinajstić information content (AvgIpc) is 3.42. The normalized spacial score (nSPS) is 24.2. The molecule has 1 aliphatic heterocycles. The lowest BCUT2D eigenvalue weighted by molar-refractivity contribution is 0.329. The van der Waals surface area contributed by atoms with E-state index in [-0.39, 0.29) is 17.2 Å². The van der Waals surface area contributed by atoms with Crippen molar-refractivity contribution in [1.29, 1.82) is 5.26 Å². The minimum absolute atomic E-state index is 0.126. The van der Waals surface area contributed by atoms with E-state index in [1.54, 1.807) is 16.8 Å². The van der Waals surface area contributed by atoms with Gasteiger partial charge in [-0.15, -0.1) is 0 Å². The second-order valence-corrected chi connectivity index (χ2v) is 9.10. The predicted octanol–water partition coefficient (Wildman–Crippen LogP) is 3.41. The molecule has 7 nitrogen and oxygen atoms in total. The van der Waals surface area contributed by atoms with E-state index >= 15 is 0 Å². The Kier molecular flexibility index (Phi) is 4.29. The number of nitrogens with one attached hydrogen (secondary N) is 2. The Morgan fingerprint density at radius 3 is 2.94 bits per heavy atom. The molecule has 0 radical (unpaired) electrons. The summed E-state index contributed by atoms with van der Waals surface area (Å²) in [6.07, 6.45) is 7.30. The van der Waals surface area contributed by atoms with Crippen molar-refractivity contribution in [3.63, 3.8) is 0 Å². The van der Waals surface area contributed by atoms with Crippen LogP contribution in [0.25, 0.3) is 11.0 Å². The topological polar surface area (TPSA) is 95.6 Å². The molecular formula is C24H24N6O. The summed E-state index contributed by atoms with van der Waals surface area (Å²) in [4.78, 5) is 22.4. The summed E-state index contributed by atoms with van der Waals surface area (Å²) in [5.74, 6) is 1.66. The van der Waals surface area contributed by atoms with Crippen molar-refractivity contribution >= 4 is 22.7 Å². The number of nitrogens with zero attached hydrogens (tertiary/aromatic N) is 4. The van der Waals surface area contributed by atoms with Gasteiger partial charge in [0.2, 0.25) is 5.95 Å². The highest BCUT2D eigenvalue weighted by atomic mass is 16.1. The van der Waals surface area contributed by atoms with Crippen LogP contribution in [0, 0.1) is 23.2 Å². The first-order valence-corrected chi connectivity index (χ1v) is 11.1. The Bertz CT molecular complexity index is 1290. The number of hydrogen-bond donors (Lipinski definition) is 2. The van der Waals surface area contributed by atoms with E-state index < -0.39 is 0 Å². The van der Waals surface area contributed by atoms with Gasteiger partial charge in [-0.05, 0) is 73.4 Å². The van der Waals surface area contributed by atoms with Gasteiger partial charge in [-0.3, -0.25) is 9.36 Å². The zero-order chi connectivity index (χ0) is 20.9. The molecule has 7 heteroatoms. The van der Waals surface area contributed by atoms with E-state index in [1.807, 2.05) is 6.07 Å². The van der Waals surface area contributed by atoms with Crippen LogP contribution in [0.1, 0.15) is 48.4 Å². The second kappa shape index (κ2) is 7.17. The summed E-state index contributed by atoms with van der Waals surface area (Å²) in [6, 6.07) is 10.2. The standard InChI is InChI=1S/C24H24N6O/c25-11-18-9-19-13-27-24(28-20-4-3-17-12-26-6-5-15(17)10-20)29-22(19)30(23(18)31)21-8-14-1-2-16(21)7-14/h3-4,9-10,13-14,16,21,26H,1-2,5-8,12H2,(H,27,28,29)/t14-,16+,21+/m1/s1. The molecule has 0 amide bonds. The summed E-state index contributed by atoms with van der Waals surface area (Å²) >= 11 is 0. The fourth-order valence-electron chi connectivity index (χ4n) is 5.78. The Balaban J connectivity index is 1.42. The monoisotopic (exact) mass is 412 g/mol. The molecule has 2 aliphatic carbocycles. The molecule has 2 bridgehead atoms. The molecule has 2 N–H and O–H groups in total. The third-order valence-electron chi connectivity index (χ3n) is 7.27. The first-order chi connectivity index (χ1) is 15.2. The summed E-state index contributed by atoms with van der Waals surface area (Å²) in [5.41, 5.74) is 4.18. The van der Waals surface area contributed by atoms with Crippen molar-refractivity contribution in [2.24, 2.45) is 11.8 Å². The lowest BCUT2D eigenvalue weighted by atomic mass is 9.94. The summed E-state index contributed by atoms with van der Waals surface area (Å²) in [5, 5.41) is 17.0. The second-order valence-electron chi connectivity index (χ2n) is 9.10. The van der Waals surface area contributed by atoms with Gasteiger partial charge in [-0.2, -0.15) is 10.2 Å². The van der Waals surface area contributed by atoms with Crippen LogP contribution in [-0.4, -0.2) is 21.1 Å². The molecule has 3 atom stereocenters. The molecule has 2 aromatic heterocycles. The lowest BCUT2D eigenvalue weighted by Gasteiger charge is -2.25. The largest absolute Gasteiger partial charge is 0.324 e. The first-order valence-electron chi connectivity index (χ1n) is 11.1. The van der Waals surface area contributed by atoms with Crippen molar-refractivity contribution in [2.75, 3.05) is 11.9 Å². The van der Waals surface area contributed by atoms with Crippen LogP contribution in [0.5, 0.6) is 0 Å². The van der Waals surface area contributed by atoms with Crippen molar-refractivity contribution < 1.29 is 0 Å². The maximum absolute atomic E-state index is 13.2. The molecule has 31 heavy (non-hydrogen) atoms. The number of fused-ring (bicyclic) bond motifs is 4. The molecule has 2 fully saturated rings. The molecular weight excluding hydrogens is 388 g/mol.